The van der Waals surface area contributed by atoms with Crippen LogP contribution in [0.1, 0.15) is 24.6 Å². The summed E-state index contributed by atoms with van der Waals surface area (Å²) in [6.45, 7) is 0. The second-order valence-corrected chi connectivity index (χ2v) is 4.13. The first-order chi connectivity index (χ1) is 6.77. The number of fused-ring (bicyclic) bond motifs is 1. The van der Waals surface area contributed by atoms with Crippen molar-refractivity contribution in [2.45, 2.75) is 18.8 Å². The van der Waals surface area contributed by atoms with Crippen LogP contribution < -0.4 is 0 Å². The van der Waals surface area contributed by atoms with Crippen molar-refractivity contribution in [3.05, 3.63) is 36.1 Å². The van der Waals surface area contributed by atoms with Crippen LogP contribution in [0, 0.1) is 7.05 Å². The number of benzene rings is 1. The Kier molecular flexibility index (Phi) is 1.62. The molecule has 0 spiro atoms. The molecule has 0 saturated heterocycles. The van der Waals surface area contributed by atoms with Gasteiger partial charge in [-0.25, -0.2) is 4.98 Å². The monoisotopic (exact) mass is 204 g/mol. The number of halogens is 1. The molecule has 0 amide bonds. The van der Waals surface area contributed by atoms with Crippen LogP contribution in [-0.4, -0.2) is 9.55 Å². The summed E-state index contributed by atoms with van der Waals surface area (Å²) in [7, 11) is 5.94. The van der Waals surface area contributed by atoms with Gasteiger partial charge in [-0.15, -0.1) is 0 Å². The number of imidazole rings is 1. The van der Waals surface area contributed by atoms with Crippen LogP contribution in [0.2, 0.25) is 5.02 Å². The van der Waals surface area contributed by atoms with Crippen molar-refractivity contribution in [1.82, 2.24) is 9.55 Å². The highest BCUT2D eigenvalue weighted by molar-refractivity contribution is 6.34. The highest BCUT2D eigenvalue weighted by atomic mass is 35.5. The Bertz CT molecular complexity index is 497. The van der Waals surface area contributed by atoms with Gasteiger partial charge in [0, 0.05) is 5.92 Å². The van der Waals surface area contributed by atoms with Gasteiger partial charge in [-0.1, -0.05) is 17.7 Å². The molecule has 2 aromatic rings. The van der Waals surface area contributed by atoms with Crippen LogP contribution in [0.15, 0.2) is 18.2 Å². The largest absolute Gasteiger partial charge is 0.320 e. The topological polar surface area (TPSA) is 17.8 Å². The van der Waals surface area contributed by atoms with Crippen molar-refractivity contribution in [3.63, 3.8) is 0 Å². The minimum Gasteiger partial charge on any atom is -0.320 e. The van der Waals surface area contributed by atoms with Gasteiger partial charge in [0.15, 0.2) is 0 Å². The van der Waals surface area contributed by atoms with E-state index in [-0.39, 0.29) is 0 Å². The fourth-order valence-corrected chi connectivity index (χ4v) is 1.94. The molecule has 0 aliphatic heterocycles. The van der Waals surface area contributed by atoms with Gasteiger partial charge in [0.05, 0.1) is 17.6 Å². The maximum Gasteiger partial charge on any atom is 0.113 e. The number of rotatable bonds is 1. The molecule has 70 valence electrons. The van der Waals surface area contributed by atoms with Crippen molar-refractivity contribution in [1.29, 1.82) is 0 Å². The molecule has 1 aromatic carbocycles. The lowest BCUT2D eigenvalue weighted by Crippen LogP contribution is -1.92. The summed E-state index contributed by atoms with van der Waals surface area (Å²) in [6.07, 6.45) is 2.39. The number of aromatic nitrogens is 2. The van der Waals surface area contributed by atoms with E-state index < -0.39 is 0 Å². The van der Waals surface area contributed by atoms with E-state index in [0.717, 1.165) is 16.9 Å². The van der Waals surface area contributed by atoms with Crippen molar-refractivity contribution in [2.24, 2.45) is 0 Å². The highest BCUT2D eigenvalue weighted by Crippen LogP contribution is 2.41. The van der Waals surface area contributed by atoms with Gasteiger partial charge in [0.1, 0.15) is 11.3 Å². The van der Waals surface area contributed by atoms with Crippen LogP contribution in [0.25, 0.3) is 11.0 Å². The van der Waals surface area contributed by atoms with E-state index in [1.54, 1.807) is 4.57 Å². The van der Waals surface area contributed by atoms with E-state index in [1.807, 2.05) is 18.2 Å². The van der Waals surface area contributed by atoms with Crippen LogP contribution >= 0.6 is 11.6 Å². The van der Waals surface area contributed by atoms with Gasteiger partial charge < -0.3 is 4.57 Å². The summed E-state index contributed by atoms with van der Waals surface area (Å²) in [6, 6.07) is 5.68. The molecule has 0 atom stereocenters. The molecular formula is C11H9ClN2. The zero-order valence-electron chi connectivity index (χ0n) is 7.57. The Labute approximate surface area is 87.5 Å². The summed E-state index contributed by atoms with van der Waals surface area (Å²) in [5.41, 5.74) is 1.73. The van der Waals surface area contributed by atoms with Crippen molar-refractivity contribution in [2.75, 3.05) is 0 Å². The Morgan fingerprint density at radius 2 is 2.21 bits per heavy atom. The Hall–Kier alpha value is -1.02. The summed E-state index contributed by atoms with van der Waals surface area (Å²) in [5.74, 6) is 1.51. The van der Waals surface area contributed by atoms with E-state index >= 15 is 0 Å². The van der Waals surface area contributed by atoms with Crippen LogP contribution in [0.5, 0.6) is 0 Å². The number of hydrogen-bond donors (Lipinski definition) is 0. The maximum absolute atomic E-state index is 6.04. The predicted octanol–water partition coefficient (Wildman–Crippen LogP) is 3.08. The normalized spacial score (nSPS) is 16.4. The lowest BCUT2D eigenvalue weighted by molar-refractivity contribution is 0.895. The highest BCUT2D eigenvalue weighted by Gasteiger charge is 2.28. The predicted molar refractivity (Wildman–Crippen MR) is 56.4 cm³/mol. The molecule has 1 aliphatic rings. The minimum atomic E-state index is 0.545. The molecule has 1 aliphatic carbocycles. The summed E-state index contributed by atoms with van der Waals surface area (Å²) >= 11 is 6.04. The molecule has 0 bridgehead atoms. The third kappa shape index (κ3) is 1.07. The van der Waals surface area contributed by atoms with E-state index in [1.165, 1.54) is 12.8 Å². The Morgan fingerprint density at radius 3 is 2.86 bits per heavy atom. The average Bonchev–Trinajstić information content (AvgIpc) is 2.94. The van der Waals surface area contributed by atoms with Crippen molar-refractivity contribution in [3.8, 4) is 0 Å². The van der Waals surface area contributed by atoms with Crippen molar-refractivity contribution >= 4 is 22.6 Å². The van der Waals surface area contributed by atoms with Crippen LogP contribution in [0.4, 0.5) is 0 Å². The zero-order chi connectivity index (χ0) is 9.71. The van der Waals surface area contributed by atoms with E-state index in [4.69, 9.17) is 18.6 Å². The summed E-state index contributed by atoms with van der Waals surface area (Å²) in [5, 5.41) is 0.675. The molecule has 3 heteroatoms. The molecule has 1 fully saturated rings. The van der Waals surface area contributed by atoms with E-state index in [9.17, 15) is 0 Å². The van der Waals surface area contributed by atoms with Gasteiger partial charge in [-0.2, -0.15) is 0 Å². The molecule has 14 heavy (non-hydrogen) atoms. The third-order valence-corrected chi connectivity index (χ3v) is 2.95. The van der Waals surface area contributed by atoms with Crippen LogP contribution in [0.3, 0.4) is 0 Å². The first kappa shape index (κ1) is 8.30. The zero-order valence-corrected chi connectivity index (χ0v) is 8.33. The quantitative estimate of drug-likeness (QED) is 0.698. The molecule has 0 N–H and O–H groups in total. The maximum atomic E-state index is 6.04. The molecule has 2 radical (unpaired) electrons. The Morgan fingerprint density at radius 1 is 1.43 bits per heavy atom. The summed E-state index contributed by atoms with van der Waals surface area (Å²) < 4.78 is 1.67. The van der Waals surface area contributed by atoms with Gasteiger partial charge in [0.25, 0.3) is 0 Å². The fraction of sp³-hybridized carbons (Fsp3) is 0.273. The lowest BCUT2D eigenvalue weighted by Gasteiger charge is -1.97. The third-order valence-electron chi connectivity index (χ3n) is 2.64. The van der Waals surface area contributed by atoms with Gasteiger partial charge >= 0.3 is 0 Å². The molecular weight excluding hydrogens is 196 g/mol. The fourth-order valence-electron chi connectivity index (χ4n) is 1.73. The number of hydrogen-bond acceptors (Lipinski definition) is 1. The second kappa shape index (κ2) is 2.74. The number of para-hydroxylation sites is 1. The average molecular weight is 205 g/mol. The Balaban J connectivity index is 2.33. The first-order valence-corrected chi connectivity index (χ1v) is 5.07. The standard InChI is InChI=1S/C11H9ClN2/c1-14-9-4-2-3-8(12)10(9)13-11(14)7-5-6-7/h1-4,7H,5-6H2. The molecule has 1 saturated carbocycles. The second-order valence-electron chi connectivity index (χ2n) is 3.72. The molecule has 1 aromatic heterocycles. The van der Waals surface area contributed by atoms with E-state index in [2.05, 4.69) is 4.98 Å². The van der Waals surface area contributed by atoms with E-state index in [0.29, 0.717) is 10.9 Å². The molecule has 1 heterocycles. The van der Waals surface area contributed by atoms with Gasteiger partial charge in [-0.05, 0) is 25.0 Å². The minimum absolute atomic E-state index is 0.545. The van der Waals surface area contributed by atoms with Gasteiger partial charge in [-0.3, -0.25) is 0 Å². The van der Waals surface area contributed by atoms with Crippen LogP contribution in [-0.2, 0) is 0 Å². The first-order valence-electron chi connectivity index (χ1n) is 4.69. The van der Waals surface area contributed by atoms with Gasteiger partial charge in [0.2, 0.25) is 0 Å². The van der Waals surface area contributed by atoms with Crippen molar-refractivity contribution < 1.29 is 0 Å². The lowest BCUT2D eigenvalue weighted by atomic mass is 10.3. The molecule has 2 nitrogen and oxygen atoms in total. The summed E-state index contributed by atoms with van der Waals surface area (Å²) in [4.78, 5) is 4.48. The number of nitrogens with zero attached hydrogens (tertiary/aromatic N) is 2. The molecule has 0 unspecified atom stereocenters. The smallest absolute Gasteiger partial charge is 0.113 e. The molecule has 3 rings (SSSR count). The SMILES string of the molecule is [CH]n1c(C2CC2)nc2c(Cl)cccc21.